The van der Waals surface area contributed by atoms with Crippen LogP contribution in [0.2, 0.25) is 0 Å². The van der Waals surface area contributed by atoms with E-state index in [-0.39, 0.29) is 24.7 Å². The molecule has 0 aromatic heterocycles. The van der Waals surface area contributed by atoms with Crippen molar-refractivity contribution in [2.45, 2.75) is 82.1 Å². The lowest BCUT2D eigenvalue weighted by Crippen LogP contribution is -2.71. The van der Waals surface area contributed by atoms with Crippen molar-refractivity contribution in [3.63, 3.8) is 0 Å². The van der Waals surface area contributed by atoms with Crippen LogP contribution in [0, 0.1) is 5.92 Å². The quantitative estimate of drug-likeness (QED) is 0.831. The number of methoxy groups -OCH3 is 1. The first-order valence-corrected chi connectivity index (χ1v) is 10.1. The summed E-state index contributed by atoms with van der Waals surface area (Å²) >= 11 is 0. The molecule has 1 aromatic rings. The predicted octanol–water partition coefficient (Wildman–Crippen LogP) is 2.67. The van der Waals surface area contributed by atoms with Crippen molar-refractivity contribution in [1.29, 1.82) is 0 Å². The minimum atomic E-state index is -0.605. The lowest BCUT2D eigenvalue weighted by Gasteiger charge is -2.57. The van der Waals surface area contributed by atoms with E-state index in [9.17, 15) is 5.11 Å². The predicted molar refractivity (Wildman–Crippen MR) is 103 cm³/mol. The molecule has 1 saturated carbocycles. The molecule has 0 amide bonds. The molecule has 2 heterocycles. The molecule has 3 aliphatic rings. The van der Waals surface area contributed by atoms with Crippen LogP contribution in [0.4, 0.5) is 0 Å². The van der Waals surface area contributed by atoms with Crippen molar-refractivity contribution in [2.75, 3.05) is 13.7 Å². The van der Waals surface area contributed by atoms with Gasteiger partial charge in [-0.25, -0.2) is 0 Å². The molecule has 156 valence electrons. The van der Waals surface area contributed by atoms with E-state index in [1.807, 2.05) is 58.0 Å². The van der Waals surface area contributed by atoms with Gasteiger partial charge in [0.15, 0.2) is 6.29 Å². The molecule has 6 heteroatoms. The van der Waals surface area contributed by atoms with Gasteiger partial charge in [-0.2, -0.15) is 0 Å². The van der Waals surface area contributed by atoms with E-state index in [1.54, 1.807) is 7.11 Å². The minimum Gasteiger partial charge on any atom is -0.396 e. The van der Waals surface area contributed by atoms with Gasteiger partial charge in [0.1, 0.15) is 23.9 Å². The SMILES string of the molecule is CO[C@H]1O[C@]2(C[C@H]2CO)[C@@H](OCc2ccccc2)[C@@H]2OC(C)(C)C(C)(C)O[C@@H]12. The topological polar surface area (TPSA) is 66.4 Å². The van der Waals surface area contributed by atoms with E-state index in [0.29, 0.717) is 6.61 Å². The Morgan fingerprint density at radius 1 is 1.00 bits per heavy atom. The van der Waals surface area contributed by atoms with Gasteiger partial charge in [-0.3, -0.25) is 0 Å². The molecule has 1 aromatic carbocycles. The summed E-state index contributed by atoms with van der Waals surface area (Å²) in [5.41, 5.74) is -0.543. The van der Waals surface area contributed by atoms with E-state index < -0.39 is 29.2 Å². The normalized spacial score (nSPS) is 40.9. The Kier molecular flexibility index (Phi) is 5.10. The molecule has 28 heavy (non-hydrogen) atoms. The molecular weight excluding hydrogens is 360 g/mol. The Morgan fingerprint density at radius 3 is 2.21 bits per heavy atom. The van der Waals surface area contributed by atoms with E-state index in [4.69, 9.17) is 23.7 Å². The highest BCUT2D eigenvalue weighted by molar-refractivity contribution is 5.19. The minimum absolute atomic E-state index is 0.00789. The number of hydrogen-bond donors (Lipinski definition) is 1. The van der Waals surface area contributed by atoms with Crippen LogP contribution >= 0.6 is 0 Å². The monoisotopic (exact) mass is 392 g/mol. The summed E-state index contributed by atoms with van der Waals surface area (Å²) in [7, 11) is 1.62. The number of benzene rings is 1. The van der Waals surface area contributed by atoms with Crippen LogP contribution in [0.15, 0.2) is 30.3 Å². The first-order valence-electron chi connectivity index (χ1n) is 10.1. The number of ether oxygens (including phenoxy) is 5. The summed E-state index contributed by atoms with van der Waals surface area (Å²) in [6.07, 6.45) is -0.939. The fourth-order valence-electron chi connectivity index (χ4n) is 4.39. The maximum absolute atomic E-state index is 9.82. The number of aliphatic hydroxyl groups is 1. The average molecular weight is 392 g/mol. The molecule has 2 saturated heterocycles. The molecular formula is C22H32O6. The van der Waals surface area contributed by atoms with Crippen LogP contribution in [-0.4, -0.2) is 60.2 Å². The first-order chi connectivity index (χ1) is 13.2. The van der Waals surface area contributed by atoms with E-state index in [0.717, 1.165) is 12.0 Å². The molecule has 1 N–H and O–H groups in total. The maximum atomic E-state index is 9.82. The third-order valence-corrected chi connectivity index (χ3v) is 6.84. The van der Waals surface area contributed by atoms with Gasteiger partial charge in [0.25, 0.3) is 0 Å². The van der Waals surface area contributed by atoms with Crippen LogP contribution in [0.3, 0.4) is 0 Å². The Morgan fingerprint density at radius 2 is 1.64 bits per heavy atom. The average Bonchev–Trinajstić information content (AvgIpc) is 3.36. The lowest BCUT2D eigenvalue weighted by molar-refractivity contribution is -0.398. The fraction of sp³-hybridized carbons (Fsp3) is 0.727. The second-order valence-electron chi connectivity index (χ2n) is 9.16. The van der Waals surface area contributed by atoms with E-state index >= 15 is 0 Å². The Labute approximate surface area is 167 Å². The standard InChI is InChI=1S/C22H32O6/c1-20(2)21(3,4)27-17-16(26-20)18(25-13-14-9-7-6-8-10-14)22(11-15(22)12-23)28-19(17)24-5/h6-10,15-19,23H,11-13H2,1-5H3/t15-,16+,17+,18-,19-,22-/m0/s1. The smallest absolute Gasteiger partial charge is 0.186 e. The van der Waals surface area contributed by atoms with Crippen LogP contribution < -0.4 is 0 Å². The number of aliphatic hydroxyl groups excluding tert-OH is 1. The van der Waals surface area contributed by atoms with Crippen molar-refractivity contribution < 1.29 is 28.8 Å². The van der Waals surface area contributed by atoms with Crippen LogP contribution in [0.5, 0.6) is 0 Å². The number of fused-ring (bicyclic) bond motifs is 1. The van der Waals surface area contributed by atoms with Crippen molar-refractivity contribution >= 4 is 0 Å². The third kappa shape index (κ3) is 3.20. The third-order valence-electron chi connectivity index (χ3n) is 6.84. The first kappa shape index (κ1) is 20.3. The Bertz CT molecular complexity index is 690. The summed E-state index contributed by atoms with van der Waals surface area (Å²) in [6.45, 7) is 8.62. The van der Waals surface area contributed by atoms with Gasteiger partial charge in [-0.1, -0.05) is 30.3 Å². The van der Waals surface area contributed by atoms with Crippen molar-refractivity contribution in [1.82, 2.24) is 0 Å². The van der Waals surface area contributed by atoms with Gasteiger partial charge in [-0.05, 0) is 39.7 Å². The van der Waals surface area contributed by atoms with Gasteiger partial charge in [0.2, 0.25) is 0 Å². The second-order valence-corrected chi connectivity index (χ2v) is 9.16. The summed E-state index contributed by atoms with van der Waals surface area (Å²) in [5, 5.41) is 9.82. The Balaban J connectivity index is 1.64. The van der Waals surface area contributed by atoms with Crippen molar-refractivity contribution in [3.05, 3.63) is 35.9 Å². The zero-order valence-corrected chi connectivity index (χ0v) is 17.4. The molecule has 1 aliphatic carbocycles. The highest BCUT2D eigenvalue weighted by Crippen LogP contribution is 2.57. The van der Waals surface area contributed by atoms with Gasteiger partial charge >= 0.3 is 0 Å². The molecule has 6 atom stereocenters. The Hall–Kier alpha value is -1.02. The van der Waals surface area contributed by atoms with Crippen LogP contribution in [0.1, 0.15) is 39.7 Å². The van der Waals surface area contributed by atoms with E-state index in [2.05, 4.69) is 0 Å². The lowest BCUT2D eigenvalue weighted by atomic mass is 9.83. The van der Waals surface area contributed by atoms with Crippen LogP contribution in [0.25, 0.3) is 0 Å². The molecule has 6 nitrogen and oxygen atoms in total. The molecule has 0 bridgehead atoms. The second kappa shape index (κ2) is 7.04. The summed E-state index contributed by atoms with van der Waals surface area (Å²) in [5.74, 6) is 0.00789. The molecule has 0 unspecified atom stereocenters. The zero-order chi connectivity index (χ0) is 20.2. The van der Waals surface area contributed by atoms with Gasteiger partial charge < -0.3 is 28.8 Å². The number of rotatable bonds is 5. The van der Waals surface area contributed by atoms with Gasteiger partial charge in [0.05, 0.1) is 17.8 Å². The summed E-state index contributed by atoms with van der Waals surface area (Å²) in [6, 6.07) is 10.0. The van der Waals surface area contributed by atoms with Crippen molar-refractivity contribution in [2.24, 2.45) is 5.92 Å². The van der Waals surface area contributed by atoms with E-state index in [1.165, 1.54) is 0 Å². The molecule has 4 rings (SSSR count). The zero-order valence-electron chi connectivity index (χ0n) is 17.4. The number of hydrogen-bond acceptors (Lipinski definition) is 6. The summed E-state index contributed by atoms with van der Waals surface area (Å²) in [4.78, 5) is 0. The molecule has 1 spiro atoms. The molecule has 3 fully saturated rings. The highest BCUT2D eigenvalue weighted by Gasteiger charge is 2.71. The maximum Gasteiger partial charge on any atom is 0.186 e. The molecule has 0 radical (unpaired) electrons. The van der Waals surface area contributed by atoms with Crippen LogP contribution in [-0.2, 0) is 30.3 Å². The fourth-order valence-corrected chi connectivity index (χ4v) is 4.39. The largest absolute Gasteiger partial charge is 0.396 e. The van der Waals surface area contributed by atoms with Gasteiger partial charge in [0, 0.05) is 19.6 Å². The van der Waals surface area contributed by atoms with Crippen molar-refractivity contribution in [3.8, 4) is 0 Å². The highest BCUT2D eigenvalue weighted by atomic mass is 16.7. The molecule has 2 aliphatic heterocycles. The van der Waals surface area contributed by atoms with Gasteiger partial charge in [-0.15, -0.1) is 0 Å². The summed E-state index contributed by atoms with van der Waals surface area (Å²) < 4.78 is 31.5.